The van der Waals surface area contributed by atoms with Gasteiger partial charge in [0, 0.05) is 25.2 Å². The van der Waals surface area contributed by atoms with Crippen LogP contribution >= 0.6 is 12.4 Å². The molecule has 1 aromatic rings. The number of piperidine rings is 1. The van der Waals surface area contributed by atoms with Gasteiger partial charge >= 0.3 is 0 Å². The van der Waals surface area contributed by atoms with E-state index in [-0.39, 0.29) is 36.7 Å². The second-order valence-corrected chi connectivity index (χ2v) is 6.99. The van der Waals surface area contributed by atoms with Crippen LogP contribution in [0.5, 0.6) is 5.75 Å². The second kappa shape index (κ2) is 9.63. The summed E-state index contributed by atoms with van der Waals surface area (Å²) in [6, 6.07) is 9.24. The summed E-state index contributed by atoms with van der Waals surface area (Å²) in [5.74, 6) is 0.370. The summed E-state index contributed by atoms with van der Waals surface area (Å²) in [5.41, 5.74) is 5.45. The van der Waals surface area contributed by atoms with Gasteiger partial charge < -0.3 is 20.7 Å². The molecule has 0 saturated carbocycles. The fourth-order valence-corrected chi connectivity index (χ4v) is 2.63. The first-order valence-electron chi connectivity index (χ1n) is 8.37. The van der Waals surface area contributed by atoms with Crippen molar-refractivity contribution in [1.82, 2.24) is 10.2 Å². The van der Waals surface area contributed by atoms with Gasteiger partial charge in [-0.2, -0.15) is 0 Å². The minimum atomic E-state index is -0.441. The SMILES string of the molecule is CC(C)(N)CNC(=O)C1CCCN(C(=O)COc2ccccc2)C1.Cl. The summed E-state index contributed by atoms with van der Waals surface area (Å²) in [6.07, 6.45) is 1.61. The van der Waals surface area contributed by atoms with E-state index in [1.54, 1.807) is 4.90 Å². The van der Waals surface area contributed by atoms with E-state index >= 15 is 0 Å². The van der Waals surface area contributed by atoms with E-state index in [0.717, 1.165) is 12.8 Å². The molecule has 0 radical (unpaired) electrons. The van der Waals surface area contributed by atoms with Crippen molar-refractivity contribution in [2.24, 2.45) is 11.7 Å². The molecule has 1 saturated heterocycles. The monoisotopic (exact) mass is 369 g/mol. The number of nitrogens with zero attached hydrogens (tertiary/aromatic N) is 1. The maximum Gasteiger partial charge on any atom is 0.260 e. The van der Waals surface area contributed by atoms with E-state index < -0.39 is 5.54 Å². The fraction of sp³-hybridized carbons (Fsp3) is 0.556. The molecule has 1 fully saturated rings. The van der Waals surface area contributed by atoms with Crippen LogP contribution < -0.4 is 15.8 Å². The highest BCUT2D eigenvalue weighted by molar-refractivity contribution is 5.85. The molecular weight excluding hydrogens is 342 g/mol. The van der Waals surface area contributed by atoms with E-state index in [2.05, 4.69) is 5.32 Å². The average molecular weight is 370 g/mol. The van der Waals surface area contributed by atoms with Crippen LogP contribution in [0.4, 0.5) is 0 Å². The van der Waals surface area contributed by atoms with Gasteiger partial charge in [-0.05, 0) is 38.8 Å². The molecule has 0 aromatic heterocycles. The minimum absolute atomic E-state index is 0. The number of para-hydroxylation sites is 1. The molecular formula is C18H28ClN3O3. The van der Waals surface area contributed by atoms with Gasteiger partial charge in [0.15, 0.2) is 6.61 Å². The average Bonchev–Trinajstić information content (AvgIpc) is 2.58. The molecule has 7 heteroatoms. The van der Waals surface area contributed by atoms with Gasteiger partial charge in [-0.3, -0.25) is 9.59 Å². The van der Waals surface area contributed by atoms with Gasteiger partial charge in [-0.1, -0.05) is 18.2 Å². The Morgan fingerprint density at radius 1 is 1.32 bits per heavy atom. The Balaban J connectivity index is 0.00000312. The third kappa shape index (κ3) is 7.32. The van der Waals surface area contributed by atoms with Gasteiger partial charge in [0.05, 0.1) is 5.92 Å². The molecule has 0 aliphatic carbocycles. The van der Waals surface area contributed by atoms with E-state index in [9.17, 15) is 9.59 Å². The normalized spacial score (nSPS) is 17.4. The van der Waals surface area contributed by atoms with Crippen LogP contribution in [0, 0.1) is 5.92 Å². The van der Waals surface area contributed by atoms with E-state index in [1.807, 2.05) is 44.2 Å². The molecule has 140 valence electrons. The van der Waals surface area contributed by atoms with E-state index in [4.69, 9.17) is 10.5 Å². The van der Waals surface area contributed by atoms with Gasteiger partial charge in [0.2, 0.25) is 5.91 Å². The van der Waals surface area contributed by atoms with Crippen molar-refractivity contribution in [3.05, 3.63) is 30.3 Å². The van der Waals surface area contributed by atoms with Crippen molar-refractivity contribution in [2.45, 2.75) is 32.2 Å². The summed E-state index contributed by atoms with van der Waals surface area (Å²) < 4.78 is 5.50. The van der Waals surface area contributed by atoms with Gasteiger partial charge in [-0.15, -0.1) is 12.4 Å². The van der Waals surface area contributed by atoms with Gasteiger partial charge in [0.25, 0.3) is 5.91 Å². The quantitative estimate of drug-likeness (QED) is 0.797. The molecule has 25 heavy (non-hydrogen) atoms. The Morgan fingerprint density at radius 3 is 2.64 bits per heavy atom. The number of halogens is 1. The third-order valence-electron chi connectivity index (χ3n) is 3.97. The van der Waals surface area contributed by atoms with Crippen LogP contribution in [-0.4, -0.2) is 48.5 Å². The fourth-order valence-electron chi connectivity index (χ4n) is 2.63. The minimum Gasteiger partial charge on any atom is -0.484 e. The van der Waals surface area contributed by atoms with Gasteiger partial charge in [0.1, 0.15) is 5.75 Å². The molecule has 1 aromatic carbocycles. The van der Waals surface area contributed by atoms with Crippen LogP contribution in [-0.2, 0) is 9.59 Å². The Morgan fingerprint density at radius 2 is 2.00 bits per heavy atom. The van der Waals surface area contributed by atoms with Crippen molar-refractivity contribution in [2.75, 3.05) is 26.2 Å². The van der Waals surface area contributed by atoms with Crippen LogP contribution in [0.1, 0.15) is 26.7 Å². The standard InChI is InChI=1S/C18H27N3O3.ClH/c1-18(2,19)13-20-17(23)14-7-6-10-21(11-14)16(22)12-24-15-8-4-3-5-9-15;/h3-5,8-9,14H,6-7,10-13,19H2,1-2H3,(H,20,23);1H. The third-order valence-corrected chi connectivity index (χ3v) is 3.97. The van der Waals surface area contributed by atoms with E-state index in [1.165, 1.54) is 0 Å². The smallest absolute Gasteiger partial charge is 0.260 e. The number of rotatable bonds is 6. The molecule has 0 spiro atoms. The molecule has 0 bridgehead atoms. The molecule has 2 amide bonds. The maximum atomic E-state index is 12.3. The first-order valence-corrected chi connectivity index (χ1v) is 8.37. The zero-order valence-electron chi connectivity index (χ0n) is 14.9. The molecule has 1 atom stereocenters. The topological polar surface area (TPSA) is 84.7 Å². The van der Waals surface area contributed by atoms with Crippen LogP contribution in [0.2, 0.25) is 0 Å². The largest absolute Gasteiger partial charge is 0.484 e. The van der Waals surface area contributed by atoms with Crippen molar-refractivity contribution >= 4 is 24.2 Å². The molecule has 1 aliphatic rings. The lowest BCUT2D eigenvalue weighted by atomic mass is 9.96. The lowest BCUT2D eigenvalue weighted by molar-refractivity contribution is -0.137. The van der Waals surface area contributed by atoms with Crippen molar-refractivity contribution in [1.29, 1.82) is 0 Å². The summed E-state index contributed by atoms with van der Waals surface area (Å²) in [7, 11) is 0. The molecule has 2 rings (SSSR count). The highest BCUT2D eigenvalue weighted by Gasteiger charge is 2.29. The molecule has 3 N–H and O–H groups in total. The number of ether oxygens (including phenoxy) is 1. The van der Waals surface area contributed by atoms with Gasteiger partial charge in [-0.25, -0.2) is 0 Å². The molecule has 1 aliphatic heterocycles. The number of hydrogen-bond donors (Lipinski definition) is 2. The number of amides is 2. The predicted octanol–water partition coefficient (Wildman–Crippen LogP) is 1.58. The van der Waals surface area contributed by atoms with Crippen LogP contribution in [0.25, 0.3) is 0 Å². The Kier molecular flexibility index (Phi) is 8.19. The summed E-state index contributed by atoms with van der Waals surface area (Å²) in [4.78, 5) is 26.3. The number of benzene rings is 1. The Hall–Kier alpha value is -1.79. The zero-order valence-corrected chi connectivity index (χ0v) is 15.7. The first-order chi connectivity index (χ1) is 11.3. The highest BCUT2D eigenvalue weighted by atomic mass is 35.5. The molecule has 1 unspecified atom stereocenters. The van der Waals surface area contributed by atoms with Crippen LogP contribution in [0.15, 0.2) is 30.3 Å². The number of carbonyl (C=O) groups is 2. The summed E-state index contributed by atoms with van der Waals surface area (Å²) >= 11 is 0. The number of nitrogens with one attached hydrogen (secondary N) is 1. The van der Waals surface area contributed by atoms with Crippen molar-refractivity contribution in [3.8, 4) is 5.75 Å². The number of nitrogens with two attached hydrogens (primary N) is 1. The molecule has 1 heterocycles. The zero-order chi connectivity index (χ0) is 17.6. The molecule has 6 nitrogen and oxygen atoms in total. The summed E-state index contributed by atoms with van der Waals surface area (Å²) in [5, 5.41) is 2.88. The van der Waals surface area contributed by atoms with Crippen molar-refractivity contribution in [3.63, 3.8) is 0 Å². The Labute approximate surface area is 155 Å². The van der Waals surface area contributed by atoms with E-state index in [0.29, 0.717) is 25.4 Å². The number of hydrogen-bond acceptors (Lipinski definition) is 4. The number of likely N-dealkylation sites (tertiary alicyclic amines) is 1. The van der Waals surface area contributed by atoms with Crippen LogP contribution in [0.3, 0.4) is 0 Å². The first kappa shape index (κ1) is 21.3. The maximum absolute atomic E-state index is 12.3. The lowest BCUT2D eigenvalue weighted by Gasteiger charge is -2.32. The lowest BCUT2D eigenvalue weighted by Crippen LogP contribution is -2.50. The second-order valence-electron chi connectivity index (χ2n) is 6.99. The number of carbonyl (C=O) groups excluding carboxylic acids is 2. The Bertz CT molecular complexity index is 560. The summed E-state index contributed by atoms with van der Waals surface area (Å²) in [6.45, 7) is 5.26. The predicted molar refractivity (Wildman–Crippen MR) is 99.8 cm³/mol. The highest BCUT2D eigenvalue weighted by Crippen LogP contribution is 2.17. The van der Waals surface area contributed by atoms with Crippen molar-refractivity contribution < 1.29 is 14.3 Å².